The molecule has 0 atom stereocenters. The quantitative estimate of drug-likeness (QED) is 0.211. The highest BCUT2D eigenvalue weighted by Gasteiger charge is 2.16. The zero-order valence-electron chi connectivity index (χ0n) is 23.9. The highest BCUT2D eigenvalue weighted by atomic mass is 16.3. The fourth-order valence-corrected chi connectivity index (χ4v) is 6.16. The minimum Gasteiger partial charge on any atom is -0.455 e. The van der Waals surface area contributed by atoms with Gasteiger partial charge in [0.05, 0.1) is 0 Å². The van der Waals surface area contributed by atoms with Crippen LogP contribution in [-0.2, 0) is 0 Å². The van der Waals surface area contributed by atoms with Crippen molar-refractivity contribution < 1.29 is 4.42 Å². The Kier molecular flexibility index (Phi) is 6.05. The lowest BCUT2D eigenvalue weighted by Crippen LogP contribution is -2.09. The second kappa shape index (κ2) is 10.3. The third-order valence-corrected chi connectivity index (χ3v) is 8.35. The van der Waals surface area contributed by atoms with Crippen LogP contribution >= 0.6 is 0 Å². The van der Waals surface area contributed by atoms with Crippen molar-refractivity contribution in [3.63, 3.8) is 0 Å². The van der Waals surface area contributed by atoms with Gasteiger partial charge in [-0.2, -0.15) is 0 Å². The van der Waals surface area contributed by atoms with E-state index in [1.807, 2.05) is 0 Å². The van der Waals surface area contributed by atoms with Gasteiger partial charge in [0.2, 0.25) is 0 Å². The summed E-state index contributed by atoms with van der Waals surface area (Å²) in [5.74, 6) is 0. The maximum absolute atomic E-state index is 6.45. The molecule has 0 N–H and O–H groups in total. The molecule has 8 aromatic rings. The molecule has 0 unspecified atom stereocenters. The molecule has 1 aromatic heterocycles. The van der Waals surface area contributed by atoms with Gasteiger partial charge in [0.1, 0.15) is 11.2 Å². The fraction of sp³-hybridized carbons (Fsp3) is 0.0244. The van der Waals surface area contributed by atoms with Crippen LogP contribution in [0, 0.1) is 6.92 Å². The van der Waals surface area contributed by atoms with Crippen LogP contribution in [-0.4, -0.2) is 0 Å². The number of anilines is 3. The van der Waals surface area contributed by atoms with Crippen molar-refractivity contribution in [1.82, 2.24) is 0 Å². The van der Waals surface area contributed by atoms with Crippen molar-refractivity contribution in [1.29, 1.82) is 0 Å². The maximum Gasteiger partial charge on any atom is 0.143 e. The molecule has 7 aromatic carbocycles. The van der Waals surface area contributed by atoms with Crippen molar-refractivity contribution in [3.05, 3.63) is 163 Å². The first-order valence-electron chi connectivity index (χ1n) is 14.7. The Morgan fingerprint density at radius 2 is 1.05 bits per heavy atom. The second-order valence-corrected chi connectivity index (χ2v) is 11.1. The average Bonchev–Trinajstić information content (AvgIpc) is 3.47. The van der Waals surface area contributed by atoms with Gasteiger partial charge in [-0.3, -0.25) is 0 Å². The predicted molar refractivity (Wildman–Crippen MR) is 182 cm³/mol. The predicted octanol–water partition coefficient (Wildman–Crippen LogP) is 11.9. The Balaban J connectivity index is 1.22. The summed E-state index contributed by atoms with van der Waals surface area (Å²) in [6.07, 6.45) is 0. The topological polar surface area (TPSA) is 16.4 Å². The first-order valence-corrected chi connectivity index (χ1v) is 14.7. The van der Waals surface area contributed by atoms with E-state index in [0.29, 0.717) is 0 Å². The van der Waals surface area contributed by atoms with E-state index in [-0.39, 0.29) is 0 Å². The van der Waals surface area contributed by atoms with Crippen LogP contribution in [0.2, 0.25) is 0 Å². The van der Waals surface area contributed by atoms with Crippen molar-refractivity contribution >= 4 is 49.8 Å². The summed E-state index contributed by atoms with van der Waals surface area (Å²) >= 11 is 0. The van der Waals surface area contributed by atoms with Crippen molar-refractivity contribution in [2.24, 2.45) is 0 Å². The molecule has 0 aliphatic heterocycles. The summed E-state index contributed by atoms with van der Waals surface area (Å²) in [7, 11) is 0. The lowest BCUT2D eigenvalue weighted by molar-refractivity contribution is 0.673. The van der Waals surface area contributed by atoms with E-state index in [1.165, 1.54) is 27.6 Å². The fourth-order valence-electron chi connectivity index (χ4n) is 6.16. The van der Waals surface area contributed by atoms with Gasteiger partial charge < -0.3 is 9.32 Å². The first kappa shape index (κ1) is 25.1. The first-order chi connectivity index (χ1) is 21.2. The number of benzene rings is 7. The van der Waals surface area contributed by atoms with Gasteiger partial charge in [0, 0.05) is 33.2 Å². The molecule has 0 radical (unpaired) electrons. The molecule has 0 fully saturated rings. The summed E-state index contributed by atoms with van der Waals surface area (Å²) in [4.78, 5) is 2.32. The van der Waals surface area contributed by atoms with E-state index >= 15 is 0 Å². The van der Waals surface area contributed by atoms with Crippen LogP contribution in [0.1, 0.15) is 5.56 Å². The Morgan fingerprint density at radius 1 is 0.442 bits per heavy atom. The van der Waals surface area contributed by atoms with Crippen molar-refractivity contribution in [2.45, 2.75) is 6.92 Å². The molecule has 0 aliphatic rings. The molecule has 204 valence electrons. The molecular formula is C41H29NO. The van der Waals surface area contributed by atoms with E-state index in [0.717, 1.165) is 50.0 Å². The van der Waals surface area contributed by atoms with Crippen LogP contribution in [0.4, 0.5) is 17.1 Å². The summed E-state index contributed by atoms with van der Waals surface area (Å²) in [6, 6.07) is 56.1. The number of fused-ring (bicyclic) bond motifs is 5. The van der Waals surface area contributed by atoms with Gasteiger partial charge in [0.15, 0.2) is 0 Å². The average molecular weight is 552 g/mol. The number of rotatable bonds is 5. The number of hydrogen-bond acceptors (Lipinski definition) is 2. The maximum atomic E-state index is 6.45. The number of hydrogen-bond donors (Lipinski definition) is 0. The second-order valence-electron chi connectivity index (χ2n) is 11.1. The Hall–Kier alpha value is -5.60. The smallest absolute Gasteiger partial charge is 0.143 e. The Labute approximate surface area is 251 Å². The summed E-state index contributed by atoms with van der Waals surface area (Å²) in [5, 5.41) is 4.63. The molecule has 0 bridgehead atoms. The monoisotopic (exact) mass is 551 g/mol. The summed E-state index contributed by atoms with van der Waals surface area (Å²) < 4.78 is 6.45. The van der Waals surface area contributed by atoms with E-state index in [4.69, 9.17) is 4.42 Å². The van der Waals surface area contributed by atoms with Crippen molar-refractivity contribution in [2.75, 3.05) is 4.90 Å². The lowest BCUT2D eigenvalue weighted by atomic mass is 9.98. The molecule has 0 spiro atoms. The zero-order chi connectivity index (χ0) is 28.8. The van der Waals surface area contributed by atoms with E-state index in [9.17, 15) is 0 Å². The van der Waals surface area contributed by atoms with Gasteiger partial charge >= 0.3 is 0 Å². The molecule has 43 heavy (non-hydrogen) atoms. The SMILES string of the molecule is Cc1ccc(N(c2ccc(-c3ccccc3)cc2)c2ccc(-c3cccc4oc5c6ccccc6ccc5c34)cc2)cc1. The Bertz CT molecular complexity index is 2210. The number of nitrogens with zero attached hydrogens (tertiary/aromatic N) is 1. The standard InChI is InChI=1S/C41H29NO/c1-28-14-21-33(22-15-28)42(34-23-16-30(17-24-34)29-8-3-2-4-9-29)35-25-18-32(19-26-35)36-12-7-13-39-40(36)38-27-20-31-10-5-6-11-37(31)41(38)43-39/h2-27H,1H3. The number of furan rings is 1. The molecule has 0 saturated heterocycles. The summed E-state index contributed by atoms with van der Waals surface area (Å²) in [5.41, 5.74) is 11.2. The minimum absolute atomic E-state index is 0.910. The number of aryl methyl sites for hydroxylation is 1. The van der Waals surface area contributed by atoms with Crippen molar-refractivity contribution in [3.8, 4) is 22.3 Å². The normalized spacial score (nSPS) is 11.4. The molecule has 0 aliphatic carbocycles. The van der Waals surface area contributed by atoms with Crippen LogP contribution in [0.5, 0.6) is 0 Å². The van der Waals surface area contributed by atoms with Gasteiger partial charge in [-0.25, -0.2) is 0 Å². The minimum atomic E-state index is 0.910. The van der Waals surface area contributed by atoms with E-state index < -0.39 is 0 Å². The summed E-state index contributed by atoms with van der Waals surface area (Å²) in [6.45, 7) is 2.13. The third kappa shape index (κ3) is 4.45. The van der Waals surface area contributed by atoms with Gasteiger partial charge in [0.25, 0.3) is 0 Å². The zero-order valence-corrected chi connectivity index (χ0v) is 23.9. The van der Waals surface area contributed by atoms with Gasteiger partial charge in [-0.15, -0.1) is 0 Å². The Morgan fingerprint density at radius 3 is 1.77 bits per heavy atom. The van der Waals surface area contributed by atoms with Crippen LogP contribution in [0.25, 0.3) is 55.0 Å². The van der Waals surface area contributed by atoms with Crippen LogP contribution in [0.15, 0.2) is 162 Å². The largest absolute Gasteiger partial charge is 0.455 e. The van der Waals surface area contributed by atoms with Crippen LogP contribution in [0.3, 0.4) is 0 Å². The third-order valence-electron chi connectivity index (χ3n) is 8.35. The molecule has 0 amide bonds. The highest BCUT2D eigenvalue weighted by molar-refractivity contribution is 6.19. The molecule has 8 rings (SSSR count). The van der Waals surface area contributed by atoms with Gasteiger partial charge in [-0.05, 0) is 83.1 Å². The molecular weight excluding hydrogens is 522 g/mol. The lowest BCUT2D eigenvalue weighted by Gasteiger charge is -2.26. The molecule has 1 heterocycles. The molecule has 2 heteroatoms. The molecule has 0 saturated carbocycles. The van der Waals surface area contributed by atoms with Gasteiger partial charge in [-0.1, -0.05) is 115 Å². The van der Waals surface area contributed by atoms with E-state index in [2.05, 4.69) is 170 Å². The van der Waals surface area contributed by atoms with Crippen LogP contribution < -0.4 is 4.90 Å². The highest BCUT2D eigenvalue weighted by Crippen LogP contribution is 2.41. The van der Waals surface area contributed by atoms with E-state index in [1.54, 1.807) is 0 Å². The molecule has 2 nitrogen and oxygen atoms in total.